The van der Waals surface area contributed by atoms with Crippen LogP contribution in [0.4, 0.5) is 10.9 Å². The van der Waals surface area contributed by atoms with Crippen molar-refractivity contribution in [2.24, 2.45) is 0 Å². The summed E-state index contributed by atoms with van der Waals surface area (Å²) in [4.78, 5) is 21.5. The van der Waals surface area contributed by atoms with E-state index >= 15 is 0 Å². The Morgan fingerprint density at radius 2 is 2.05 bits per heavy atom. The summed E-state index contributed by atoms with van der Waals surface area (Å²) in [5, 5.41) is 0.903. The maximum absolute atomic E-state index is 12.4. The van der Waals surface area contributed by atoms with E-state index in [4.69, 9.17) is 5.73 Å². The molecule has 0 atom stereocenters. The Kier molecular flexibility index (Phi) is 3.35. The number of rotatable bonds is 3. The summed E-state index contributed by atoms with van der Waals surface area (Å²) in [6.07, 6.45) is 5.84. The average Bonchev–Trinajstić information content (AvgIpc) is 2.94. The minimum atomic E-state index is 0.0325. The third-order valence-corrected chi connectivity index (χ3v) is 5.28. The van der Waals surface area contributed by atoms with Gasteiger partial charge in [-0.2, -0.15) is 0 Å². The van der Waals surface area contributed by atoms with E-state index in [1.807, 2.05) is 11.9 Å². The number of nitrogens with zero attached hydrogens (tertiary/aromatic N) is 3. The van der Waals surface area contributed by atoms with Crippen LogP contribution in [0.25, 0.3) is 0 Å². The molecule has 1 saturated carbocycles. The molecule has 0 spiro atoms. The van der Waals surface area contributed by atoms with Crippen LogP contribution in [-0.2, 0) is 0 Å². The quantitative estimate of drug-likeness (QED) is 0.919. The first kappa shape index (κ1) is 12.7. The van der Waals surface area contributed by atoms with Gasteiger partial charge in [0.2, 0.25) is 0 Å². The van der Waals surface area contributed by atoms with Crippen molar-refractivity contribution < 1.29 is 4.79 Å². The number of aromatic nitrogens is 1. The lowest BCUT2D eigenvalue weighted by atomic mass is 9.92. The number of carbonyl (C=O) groups excluding carboxylic acids is 1. The normalized spacial score (nSPS) is 19.5. The lowest BCUT2D eigenvalue weighted by Crippen LogP contribution is -2.41. The summed E-state index contributed by atoms with van der Waals surface area (Å²) in [6, 6.07) is 0.393. The van der Waals surface area contributed by atoms with E-state index in [0.29, 0.717) is 16.7 Å². The maximum atomic E-state index is 12.4. The Morgan fingerprint density at radius 1 is 1.37 bits per heavy atom. The van der Waals surface area contributed by atoms with E-state index in [-0.39, 0.29) is 5.91 Å². The van der Waals surface area contributed by atoms with Gasteiger partial charge in [-0.05, 0) is 32.1 Å². The Labute approximate surface area is 117 Å². The van der Waals surface area contributed by atoms with Gasteiger partial charge in [-0.3, -0.25) is 4.79 Å². The number of hydrogen-bond donors (Lipinski definition) is 1. The zero-order chi connectivity index (χ0) is 13.4. The van der Waals surface area contributed by atoms with E-state index in [2.05, 4.69) is 9.88 Å². The van der Waals surface area contributed by atoms with Gasteiger partial charge < -0.3 is 15.5 Å². The third-order valence-electron chi connectivity index (χ3n) is 4.16. The summed E-state index contributed by atoms with van der Waals surface area (Å²) in [7, 11) is 1.88. The van der Waals surface area contributed by atoms with Crippen LogP contribution in [0.15, 0.2) is 0 Å². The fourth-order valence-electron chi connectivity index (χ4n) is 2.62. The zero-order valence-corrected chi connectivity index (χ0v) is 12.1. The van der Waals surface area contributed by atoms with Gasteiger partial charge in [0.05, 0.1) is 0 Å². The van der Waals surface area contributed by atoms with E-state index < -0.39 is 0 Å². The van der Waals surface area contributed by atoms with Gasteiger partial charge in [0.25, 0.3) is 5.91 Å². The summed E-state index contributed by atoms with van der Waals surface area (Å²) in [6.45, 7) is 2.05. The standard InChI is InChI=1S/C13H20N4OS/c1-16(9-5-4-6-9)12(18)10-11(14)15-13(19-10)17-7-2-3-8-17/h9H,2-8,14H2,1H3. The molecule has 0 bridgehead atoms. The second-order valence-corrected chi connectivity index (χ2v) is 6.38. The number of thiazole rings is 1. The number of nitrogens with two attached hydrogens (primary N) is 1. The average molecular weight is 280 g/mol. The van der Waals surface area contributed by atoms with Crippen LogP contribution in [0.2, 0.25) is 0 Å². The molecule has 2 fully saturated rings. The van der Waals surface area contributed by atoms with Crippen LogP contribution in [-0.4, -0.2) is 42.0 Å². The van der Waals surface area contributed by atoms with Crippen molar-refractivity contribution in [3.63, 3.8) is 0 Å². The first-order valence-electron chi connectivity index (χ1n) is 6.95. The molecule has 0 radical (unpaired) electrons. The summed E-state index contributed by atoms with van der Waals surface area (Å²) < 4.78 is 0. The van der Waals surface area contributed by atoms with Crippen molar-refractivity contribution in [1.82, 2.24) is 9.88 Å². The Hall–Kier alpha value is -1.30. The highest BCUT2D eigenvalue weighted by Gasteiger charge is 2.29. The number of carbonyl (C=O) groups is 1. The molecule has 1 aliphatic heterocycles. The van der Waals surface area contributed by atoms with Crippen molar-refractivity contribution in [3.05, 3.63) is 4.88 Å². The second-order valence-electron chi connectivity index (χ2n) is 5.41. The molecule has 2 N–H and O–H groups in total. The van der Waals surface area contributed by atoms with Crippen LogP contribution in [0, 0.1) is 0 Å². The monoisotopic (exact) mass is 280 g/mol. The van der Waals surface area contributed by atoms with Gasteiger partial charge >= 0.3 is 0 Å². The molecule has 0 unspecified atom stereocenters. The first-order valence-corrected chi connectivity index (χ1v) is 7.77. The summed E-state index contributed by atoms with van der Waals surface area (Å²) >= 11 is 1.44. The second kappa shape index (κ2) is 5.00. The molecule has 2 aliphatic rings. The third kappa shape index (κ3) is 2.29. The number of amides is 1. The molecule has 5 nitrogen and oxygen atoms in total. The molecule has 1 aromatic rings. The molecular weight excluding hydrogens is 260 g/mol. The molecule has 1 saturated heterocycles. The lowest BCUT2D eigenvalue weighted by Gasteiger charge is -2.34. The largest absolute Gasteiger partial charge is 0.382 e. The van der Waals surface area contributed by atoms with Crippen LogP contribution in [0.1, 0.15) is 41.8 Å². The number of hydrogen-bond acceptors (Lipinski definition) is 5. The van der Waals surface area contributed by atoms with Crippen molar-refractivity contribution in [1.29, 1.82) is 0 Å². The van der Waals surface area contributed by atoms with E-state index in [1.165, 1.54) is 30.6 Å². The topological polar surface area (TPSA) is 62.5 Å². The van der Waals surface area contributed by atoms with Gasteiger partial charge in [0.15, 0.2) is 5.13 Å². The minimum Gasteiger partial charge on any atom is -0.382 e. The minimum absolute atomic E-state index is 0.0325. The van der Waals surface area contributed by atoms with Gasteiger partial charge in [-0.1, -0.05) is 11.3 Å². The number of anilines is 2. The van der Waals surface area contributed by atoms with Crippen LogP contribution in [0.3, 0.4) is 0 Å². The molecule has 2 heterocycles. The molecule has 1 aromatic heterocycles. The van der Waals surface area contributed by atoms with Crippen molar-refractivity contribution in [3.8, 4) is 0 Å². The molecule has 1 aliphatic carbocycles. The fourth-order valence-corrected chi connectivity index (χ4v) is 3.64. The summed E-state index contributed by atoms with van der Waals surface area (Å²) in [5.74, 6) is 0.424. The van der Waals surface area contributed by atoms with Crippen LogP contribution >= 0.6 is 11.3 Å². The van der Waals surface area contributed by atoms with Crippen molar-refractivity contribution in [2.45, 2.75) is 38.1 Å². The highest BCUT2D eigenvalue weighted by atomic mass is 32.1. The predicted molar refractivity (Wildman–Crippen MR) is 77.7 cm³/mol. The predicted octanol–water partition coefficient (Wildman–Crippen LogP) is 1.95. The van der Waals surface area contributed by atoms with E-state index in [1.54, 1.807) is 0 Å². The van der Waals surface area contributed by atoms with Gasteiger partial charge in [0, 0.05) is 26.2 Å². The highest BCUT2D eigenvalue weighted by Crippen LogP contribution is 2.33. The molecule has 1 amide bonds. The van der Waals surface area contributed by atoms with E-state index in [0.717, 1.165) is 31.1 Å². The fraction of sp³-hybridized carbons (Fsp3) is 0.692. The van der Waals surface area contributed by atoms with E-state index in [9.17, 15) is 4.79 Å². The highest BCUT2D eigenvalue weighted by molar-refractivity contribution is 7.18. The lowest BCUT2D eigenvalue weighted by molar-refractivity contribution is 0.0658. The zero-order valence-electron chi connectivity index (χ0n) is 11.3. The molecule has 19 heavy (non-hydrogen) atoms. The molecular formula is C13H20N4OS. The smallest absolute Gasteiger partial charge is 0.267 e. The van der Waals surface area contributed by atoms with Crippen molar-refractivity contribution in [2.75, 3.05) is 30.8 Å². The van der Waals surface area contributed by atoms with Crippen molar-refractivity contribution >= 4 is 28.2 Å². The molecule has 104 valence electrons. The summed E-state index contributed by atoms with van der Waals surface area (Å²) in [5.41, 5.74) is 5.93. The Bertz CT molecular complexity index is 477. The number of nitrogen functional groups attached to an aromatic ring is 1. The SMILES string of the molecule is CN(C(=O)c1sc(N2CCCC2)nc1N)C1CCC1. The Morgan fingerprint density at radius 3 is 2.63 bits per heavy atom. The molecule has 6 heteroatoms. The molecule has 3 rings (SSSR count). The van der Waals surface area contributed by atoms with Crippen LogP contribution < -0.4 is 10.6 Å². The van der Waals surface area contributed by atoms with Gasteiger partial charge in [-0.25, -0.2) is 4.98 Å². The Balaban J connectivity index is 1.77. The first-order chi connectivity index (χ1) is 9.16. The van der Waals surface area contributed by atoms with Gasteiger partial charge in [-0.15, -0.1) is 0 Å². The maximum Gasteiger partial charge on any atom is 0.267 e. The van der Waals surface area contributed by atoms with Gasteiger partial charge in [0.1, 0.15) is 10.7 Å². The molecule has 0 aromatic carbocycles. The van der Waals surface area contributed by atoms with Crippen LogP contribution in [0.5, 0.6) is 0 Å².